The van der Waals surface area contributed by atoms with Crippen LogP contribution in [-0.2, 0) is 11.2 Å². The summed E-state index contributed by atoms with van der Waals surface area (Å²) < 4.78 is 0. The number of hydrogen-bond acceptors (Lipinski definition) is 2. The monoisotopic (exact) mass is 311 g/mol. The van der Waals surface area contributed by atoms with Crippen molar-refractivity contribution in [2.75, 3.05) is 13.1 Å². The Labute approximate surface area is 137 Å². The molecule has 0 unspecified atom stereocenters. The number of H-pyrrole nitrogens is 1. The Morgan fingerprint density at radius 2 is 2.09 bits per heavy atom. The van der Waals surface area contributed by atoms with Crippen LogP contribution < -0.4 is 0 Å². The summed E-state index contributed by atoms with van der Waals surface area (Å²) in [6, 6.07) is 6.64. The van der Waals surface area contributed by atoms with Crippen LogP contribution in [0.4, 0.5) is 0 Å². The largest absolute Gasteiger partial charge is 0.342 e. The normalized spacial score (nSPS) is 17.7. The third kappa shape index (κ3) is 3.16. The second-order valence-corrected chi connectivity index (χ2v) is 6.77. The molecule has 1 aliphatic heterocycles. The van der Waals surface area contributed by atoms with Gasteiger partial charge in [0, 0.05) is 30.3 Å². The van der Waals surface area contributed by atoms with Crippen LogP contribution in [0.3, 0.4) is 0 Å². The third-order valence-electron chi connectivity index (χ3n) is 5.01. The fourth-order valence-corrected chi connectivity index (χ4v) is 3.62. The Hall–Kier alpha value is -2.10. The zero-order chi connectivity index (χ0) is 16.6. The third-order valence-corrected chi connectivity index (χ3v) is 5.01. The summed E-state index contributed by atoms with van der Waals surface area (Å²) >= 11 is 0. The van der Waals surface area contributed by atoms with Crippen LogP contribution in [0.5, 0.6) is 0 Å². The lowest BCUT2D eigenvalue weighted by Crippen LogP contribution is -2.30. The van der Waals surface area contributed by atoms with Crippen LogP contribution in [0.1, 0.15) is 46.0 Å². The van der Waals surface area contributed by atoms with Crippen molar-refractivity contribution in [3.05, 3.63) is 51.8 Å². The highest BCUT2D eigenvalue weighted by atomic mass is 16.2. The van der Waals surface area contributed by atoms with Crippen LogP contribution in [0, 0.1) is 27.7 Å². The van der Waals surface area contributed by atoms with Gasteiger partial charge in [-0.2, -0.15) is 5.10 Å². The number of likely N-dealkylation sites (tertiary alicyclic amines) is 1. The van der Waals surface area contributed by atoms with E-state index in [1.54, 1.807) is 0 Å². The molecule has 23 heavy (non-hydrogen) atoms. The molecule has 0 bridgehead atoms. The predicted molar refractivity (Wildman–Crippen MR) is 91.6 cm³/mol. The number of rotatable bonds is 3. The van der Waals surface area contributed by atoms with Gasteiger partial charge in [0.1, 0.15) is 0 Å². The second kappa shape index (κ2) is 6.19. The number of benzene rings is 1. The lowest BCUT2D eigenvalue weighted by molar-refractivity contribution is -0.129. The first-order valence-corrected chi connectivity index (χ1v) is 8.31. The smallest absolute Gasteiger partial charge is 0.227 e. The van der Waals surface area contributed by atoms with Gasteiger partial charge in [-0.15, -0.1) is 0 Å². The van der Waals surface area contributed by atoms with Crippen molar-refractivity contribution < 1.29 is 4.79 Å². The summed E-state index contributed by atoms with van der Waals surface area (Å²) in [5, 5.41) is 7.14. The second-order valence-electron chi connectivity index (χ2n) is 6.77. The molecule has 1 aliphatic rings. The fraction of sp³-hybridized carbons (Fsp3) is 0.474. The van der Waals surface area contributed by atoms with Gasteiger partial charge >= 0.3 is 0 Å². The van der Waals surface area contributed by atoms with E-state index in [0.29, 0.717) is 12.3 Å². The number of aryl methyl sites for hydroxylation is 4. The molecule has 2 aromatic rings. The van der Waals surface area contributed by atoms with Crippen LogP contribution in [0.15, 0.2) is 18.2 Å². The molecule has 4 heteroatoms. The maximum Gasteiger partial charge on any atom is 0.227 e. The van der Waals surface area contributed by atoms with E-state index in [1.807, 2.05) is 18.7 Å². The molecule has 0 radical (unpaired) electrons. The van der Waals surface area contributed by atoms with Crippen molar-refractivity contribution in [1.29, 1.82) is 0 Å². The highest BCUT2D eigenvalue weighted by Gasteiger charge is 2.28. The molecule has 0 aliphatic carbocycles. The molecule has 2 heterocycles. The van der Waals surface area contributed by atoms with Crippen molar-refractivity contribution in [1.82, 2.24) is 15.1 Å². The first-order valence-electron chi connectivity index (χ1n) is 8.31. The molecule has 1 amide bonds. The Morgan fingerprint density at radius 1 is 1.30 bits per heavy atom. The van der Waals surface area contributed by atoms with Crippen molar-refractivity contribution >= 4 is 5.91 Å². The molecule has 0 saturated carbocycles. The van der Waals surface area contributed by atoms with E-state index in [4.69, 9.17) is 0 Å². The molecule has 3 rings (SSSR count). The van der Waals surface area contributed by atoms with E-state index >= 15 is 0 Å². The molecule has 1 aromatic heterocycles. The molecule has 122 valence electrons. The van der Waals surface area contributed by atoms with Crippen molar-refractivity contribution in [3.63, 3.8) is 0 Å². The molecule has 1 fully saturated rings. The summed E-state index contributed by atoms with van der Waals surface area (Å²) in [6.45, 7) is 9.91. The number of aromatic amines is 1. The van der Waals surface area contributed by atoms with Gasteiger partial charge in [-0.25, -0.2) is 0 Å². The molecular formula is C19H25N3O. The Morgan fingerprint density at radius 3 is 2.74 bits per heavy atom. The van der Waals surface area contributed by atoms with Gasteiger partial charge in [-0.1, -0.05) is 23.8 Å². The van der Waals surface area contributed by atoms with Gasteiger partial charge in [0.15, 0.2) is 0 Å². The summed E-state index contributed by atoms with van der Waals surface area (Å²) in [4.78, 5) is 14.6. The van der Waals surface area contributed by atoms with Crippen molar-refractivity contribution in [2.24, 2.45) is 0 Å². The summed E-state index contributed by atoms with van der Waals surface area (Å²) in [6.07, 6.45) is 1.51. The zero-order valence-corrected chi connectivity index (χ0v) is 14.4. The Balaban J connectivity index is 1.68. The average molecular weight is 311 g/mol. The van der Waals surface area contributed by atoms with E-state index in [-0.39, 0.29) is 5.91 Å². The zero-order valence-electron chi connectivity index (χ0n) is 14.4. The van der Waals surface area contributed by atoms with Crippen LogP contribution >= 0.6 is 0 Å². The van der Waals surface area contributed by atoms with Crippen molar-refractivity contribution in [2.45, 2.75) is 46.5 Å². The molecule has 4 nitrogen and oxygen atoms in total. The molecule has 1 saturated heterocycles. The van der Waals surface area contributed by atoms with Crippen LogP contribution in [0.25, 0.3) is 0 Å². The number of carbonyl (C=O) groups excluding carboxylic acids is 1. The summed E-state index contributed by atoms with van der Waals surface area (Å²) in [7, 11) is 0. The maximum atomic E-state index is 12.6. The molecule has 1 aromatic carbocycles. The van der Waals surface area contributed by atoms with E-state index in [0.717, 1.165) is 36.5 Å². The van der Waals surface area contributed by atoms with E-state index in [2.05, 4.69) is 42.2 Å². The SMILES string of the molecule is Cc1ccc([C@@H]2CCN(C(=O)Cc3c(C)n[nH]c3C)C2)c(C)c1. The maximum absolute atomic E-state index is 12.6. The molecule has 1 N–H and O–H groups in total. The van der Waals surface area contributed by atoms with E-state index in [9.17, 15) is 4.79 Å². The van der Waals surface area contributed by atoms with Gasteiger partial charge in [-0.3, -0.25) is 9.89 Å². The molecule has 0 spiro atoms. The number of amides is 1. The van der Waals surface area contributed by atoms with Crippen LogP contribution in [0.2, 0.25) is 0 Å². The van der Waals surface area contributed by atoms with Crippen LogP contribution in [-0.4, -0.2) is 34.1 Å². The number of nitrogens with zero attached hydrogens (tertiary/aromatic N) is 2. The highest BCUT2D eigenvalue weighted by Crippen LogP contribution is 2.30. The number of nitrogens with one attached hydrogen (secondary N) is 1. The summed E-state index contributed by atoms with van der Waals surface area (Å²) in [5.41, 5.74) is 7.00. The van der Waals surface area contributed by atoms with Gasteiger partial charge in [0.25, 0.3) is 0 Å². The standard InChI is InChI=1S/C19H25N3O/c1-12-5-6-17(13(2)9-12)16-7-8-22(11-16)19(23)10-18-14(3)20-21-15(18)4/h5-6,9,16H,7-8,10-11H2,1-4H3,(H,20,21)/t16-/m1/s1. The molecule has 1 atom stereocenters. The first-order chi connectivity index (χ1) is 11.0. The van der Waals surface area contributed by atoms with Gasteiger partial charge in [0.2, 0.25) is 5.91 Å². The highest BCUT2D eigenvalue weighted by molar-refractivity contribution is 5.79. The van der Waals surface area contributed by atoms with E-state index < -0.39 is 0 Å². The summed E-state index contributed by atoms with van der Waals surface area (Å²) in [5.74, 6) is 0.677. The average Bonchev–Trinajstić information content (AvgIpc) is 3.09. The van der Waals surface area contributed by atoms with Gasteiger partial charge < -0.3 is 4.90 Å². The first kappa shape index (κ1) is 15.8. The quantitative estimate of drug-likeness (QED) is 0.946. The molecular weight excluding hydrogens is 286 g/mol. The van der Waals surface area contributed by atoms with Crippen molar-refractivity contribution in [3.8, 4) is 0 Å². The number of hydrogen-bond donors (Lipinski definition) is 1. The minimum Gasteiger partial charge on any atom is -0.342 e. The lowest BCUT2D eigenvalue weighted by Gasteiger charge is -2.18. The van der Waals surface area contributed by atoms with Gasteiger partial charge in [-0.05, 0) is 45.2 Å². The van der Waals surface area contributed by atoms with Gasteiger partial charge in [0.05, 0.1) is 12.1 Å². The lowest BCUT2D eigenvalue weighted by atomic mass is 9.93. The minimum absolute atomic E-state index is 0.213. The minimum atomic E-state index is 0.213. The number of aromatic nitrogens is 2. The Kier molecular flexibility index (Phi) is 4.24. The topological polar surface area (TPSA) is 49.0 Å². The Bertz CT molecular complexity index is 713. The predicted octanol–water partition coefficient (Wildman–Crippen LogP) is 3.20. The fourth-order valence-electron chi connectivity index (χ4n) is 3.62. The number of carbonyl (C=O) groups is 1. The van der Waals surface area contributed by atoms with E-state index in [1.165, 1.54) is 16.7 Å².